The van der Waals surface area contributed by atoms with E-state index in [1.807, 2.05) is 19.1 Å². The molecule has 0 saturated carbocycles. The van der Waals surface area contributed by atoms with Crippen molar-refractivity contribution in [2.24, 2.45) is 5.92 Å². The molecule has 1 unspecified atom stereocenters. The van der Waals surface area contributed by atoms with E-state index in [0.717, 1.165) is 29.8 Å². The van der Waals surface area contributed by atoms with Crippen molar-refractivity contribution in [3.05, 3.63) is 94.8 Å². The molecule has 1 aromatic carbocycles. The largest absolute Gasteiger partial charge is 0.381 e. The quantitative estimate of drug-likeness (QED) is 0.616. The number of benzene rings is 1. The highest BCUT2D eigenvalue weighted by Crippen LogP contribution is 2.45. The van der Waals surface area contributed by atoms with Gasteiger partial charge in [-0.2, -0.15) is 5.26 Å². The topological polar surface area (TPSA) is 39.1 Å². The molecule has 2 aliphatic heterocycles. The molecule has 0 spiro atoms. The number of fused-ring (bicyclic) bond motifs is 1. The van der Waals surface area contributed by atoms with Crippen LogP contribution in [0.25, 0.3) is 0 Å². The molecule has 3 rings (SSSR count). The van der Waals surface area contributed by atoms with Crippen LogP contribution in [0.1, 0.15) is 44.7 Å². The Hall–Kier alpha value is -3.06. The van der Waals surface area contributed by atoms with Crippen LogP contribution in [0.2, 0.25) is 0 Å². The molecule has 1 N–H and O–H groups in total. The summed E-state index contributed by atoms with van der Waals surface area (Å²) in [5.74, 6) is 0.256. The SMILES string of the molecule is C=CC1=C(C#N)C(=C)C(C(=C)NCc2cccc(CC)c2F)=C2CCC(C(C)C)N12. The summed E-state index contributed by atoms with van der Waals surface area (Å²) in [6, 6.07) is 8.08. The monoisotopic (exact) mass is 403 g/mol. The predicted molar refractivity (Wildman–Crippen MR) is 120 cm³/mol. The van der Waals surface area contributed by atoms with Crippen LogP contribution in [0.15, 0.2) is 77.8 Å². The van der Waals surface area contributed by atoms with Gasteiger partial charge < -0.3 is 10.2 Å². The van der Waals surface area contributed by atoms with Crippen molar-refractivity contribution < 1.29 is 4.39 Å². The number of allylic oxidation sites excluding steroid dienone is 4. The van der Waals surface area contributed by atoms with Gasteiger partial charge in [0, 0.05) is 35.1 Å². The van der Waals surface area contributed by atoms with Gasteiger partial charge in [0.05, 0.1) is 11.3 Å². The molecular formula is C26H30FN3. The number of hydrogen-bond donors (Lipinski definition) is 1. The highest BCUT2D eigenvalue weighted by atomic mass is 19.1. The zero-order chi connectivity index (χ0) is 22.0. The van der Waals surface area contributed by atoms with Crippen molar-refractivity contribution in [3.63, 3.8) is 0 Å². The van der Waals surface area contributed by atoms with Crippen LogP contribution in [0, 0.1) is 23.1 Å². The van der Waals surface area contributed by atoms with E-state index in [1.165, 1.54) is 0 Å². The molecule has 156 valence electrons. The highest BCUT2D eigenvalue weighted by Gasteiger charge is 2.39. The summed E-state index contributed by atoms with van der Waals surface area (Å²) < 4.78 is 14.6. The lowest BCUT2D eigenvalue weighted by Gasteiger charge is -2.37. The molecule has 1 saturated heterocycles. The lowest BCUT2D eigenvalue weighted by atomic mass is 9.89. The standard InChI is InChI=1S/C26H30FN3/c1-7-19-10-9-11-20(26(19)27)15-29-18(6)25-17(5)21(14-28)22(8-2)30-23(16(3)4)12-13-24(25)30/h8-11,16,23,29H,2,5-7,12-13,15H2,1,3-4H3. The summed E-state index contributed by atoms with van der Waals surface area (Å²) in [6.45, 7) is 19.1. The molecule has 4 heteroatoms. The van der Waals surface area contributed by atoms with E-state index in [9.17, 15) is 9.65 Å². The molecule has 2 heterocycles. The molecule has 0 bridgehead atoms. The van der Waals surface area contributed by atoms with E-state index in [-0.39, 0.29) is 5.82 Å². The summed E-state index contributed by atoms with van der Waals surface area (Å²) in [5, 5.41) is 13.1. The number of nitrogens with one attached hydrogen (secondary N) is 1. The van der Waals surface area contributed by atoms with E-state index in [0.29, 0.717) is 52.9 Å². The van der Waals surface area contributed by atoms with Crippen LogP contribution in [0.5, 0.6) is 0 Å². The minimum atomic E-state index is -0.172. The van der Waals surface area contributed by atoms with E-state index in [4.69, 9.17) is 0 Å². The molecule has 30 heavy (non-hydrogen) atoms. The second-order valence-corrected chi connectivity index (χ2v) is 8.17. The maximum absolute atomic E-state index is 14.6. The Balaban J connectivity index is 1.95. The summed E-state index contributed by atoms with van der Waals surface area (Å²) in [4.78, 5) is 2.24. The van der Waals surface area contributed by atoms with Crippen molar-refractivity contribution in [3.8, 4) is 6.07 Å². The summed E-state index contributed by atoms with van der Waals surface area (Å²) in [7, 11) is 0. The Kier molecular flexibility index (Phi) is 6.31. The van der Waals surface area contributed by atoms with Crippen LogP contribution < -0.4 is 5.32 Å². The van der Waals surface area contributed by atoms with Gasteiger partial charge in [0.25, 0.3) is 0 Å². The normalized spacial score (nSPS) is 18.6. The lowest BCUT2D eigenvalue weighted by molar-refractivity contribution is 0.289. The van der Waals surface area contributed by atoms with Gasteiger partial charge in [-0.3, -0.25) is 0 Å². The first-order valence-corrected chi connectivity index (χ1v) is 10.5. The summed E-state index contributed by atoms with van der Waals surface area (Å²) >= 11 is 0. The molecule has 0 aliphatic carbocycles. The Morgan fingerprint density at radius 1 is 1.40 bits per heavy atom. The Morgan fingerprint density at radius 2 is 2.10 bits per heavy atom. The molecule has 0 radical (unpaired) electrons. The fourth-order valence-corrected chi connectivity index (χ4v) is 4.52. The molecule has 0 amide bonds. The smallest absolute Gasteiger partial charge is 0.131 e. The molecule has 1 aromatic rings. The van der Waals surface area contributed by atoms with Crippen molar-refractivity contribution in [1.29, 1.82) is 5.26 Å². The molecule has 1 atom stereocenters. The van der Waals surface area contributed by atoms with Crippen LogP contribution >= 0.6 is 0 Å². The fourth-order valence-electron chi connectivity index (χ4n) is 4.52. The number of nitrogens with zero attached hydrogens (tertiary/aromatic N) is 2. The number of nitriles is 1. The lowest BCUT2D eigenvalue weighted by Crippen LogP contribution is -2.35. The molecule has 3 nitrogen and oxygen atoms in total. The minimum Gasteiger partial charge on any atom is -0.381 e. The zero-order valence-electron chi connectivity index (χ0n) is 18.2. The second-order valence-electron chi connectivity index (χ2n) is 8.17. The van der Waals surface area contributed by atoms with Gasteiger partial charge in [-0.15, -0.1) is 0 Å². The first-order chi connectivity index (χ1) is 14.3. The van der Waals surface area contributed by atoms with Gasteiger partial charge >= 0.3 is 0 Å². The number of rotatable bonds is 7. The molecule has 2 aliphatic rings. The van der Waals surface area contributed by atoms with Gasteiger partial charge in [0.1, 0.15) is 11.9 Å². The van der Waals surface area contributed by atoms with Crippen molar-refractivity contribution in [1.82, 2.24) is 10.2 Å². The van der Waals surface area contributed by atoms with Crippen molar-refractivity contribution >= 4 is 0 Å². The maximum atomic E-state index is 14.6. The predicted octanol–water partition coefficient (Wildman–Crippen LogP) is 5.90. The van der Waals surface area contributed by atoms with Crippen LogP contribution in [-0.4, -0.2) is 10.9 Å². The minimum absolute atomic E-state index is 0.172. The van der Waals surface area contributed by atoms with E-state index in [2.05, 4.69) is 49.9 Å². The maximum Gasteiger partial charge on any atom is 0.131 e. The molecule has 1 fully saturated rings. The first kappa shape index (κ1) is 21.6. The zero-order valence-corrected chi connectivity index (χ0v) is 18.2. The Labute approximate surface area is 179 Å². The number of hydrogen-bond acceptors (Lipinski definition) is 3. The van der Waals surface area contributed by atoms with E-state index < -0.39 is 0 Å². The third-order valence-corrected chi connectivity index (χ3v) is 6.12. The second kappa shape index (κ2) is 8.75. The van der Waals surface area contributed by atoms with E-state index >= 15 is 0 Å². The van der Waals surface area contributed by atoms with Crippen molar-refractivity contribution in [2.75, 3.05) is 0 Å². The average molecular weight is 404 g/mol. The van der Waals surface area contributed by atoms with Gasteiger partial charge in [0.15, 0.2) is 0 Å². The van der Waals surface area contributed by atoms with Gasteiger partial charge in [-0.1, -0.05) is 58.7 Å². The fraction of sp³-hybridized carbons (Fsp3) is 0.346. The van der Waals surface area contributed by atoms with Gasteiger partial charge in [-0.25, -0.2) is 4.39 Å². The summed E-state index contributed by atoms with van der Waals surface area (Å²) in [5.41, 5.74) is 5.97. The van der Waals surface area contributed by atoms with Gasteiger partial charge in [0.2, 0.25) is 0 Å². The van der Waals surface area contributed by atoms with Crippen LogP contribution in [0.3, 0.4) is 0 Å². The van der Waals surface area contributed by atoms with Crippen LogP contribution in [0.4, 0.5) is 4.39 Å². The summed E-state index contributed by atoms with van der Waals surface area (Å²) in [6.07, 6.45) is 4.29. The third-order valence-electron chi connectivity index (χ3n) is 6.12. The molecule has 0 aromatic heterocycles. The number of halogens is 1. The van der Waals surface area contributed by atoms with Crippen LogP contribution in [-0.2, 0) is 13.0 Å². The highest BCUT2D eigenvalue weighted by molar-refractivity contribution is 5.66. The molecular weight excluding hydrogens is 373 g/mol. The first-order valence-electron chi connectivity index (χ1n) is 10.5. The van der Waals surface area contributed by atoms with Gasteiger partial charge in [-0.05, 0) is 42.4 Å². The third kappa shape index (κ3) is 3.61. The Bertz CT molecular complexity index is 1000. The Morgan fingerprint density at radius 3 is 2.70 bits per heavy atom. The van der Waals surface area contributed by atoms with Crippen molar-refractivity contribution in [2.45, 2.75) is 52.6 Å². The number of aryl methyl sites for hydroxylation is 1. The van der Waals surface area contributed by atoms with E-state index in [1.54, 1.807) is 12.1 Å². The average Bonchev–Trinajstić information content (AvgIpc) is 3.16.